The number of hydrogen-bond acceptors (Lipinski definition) is 3. The van der Waals surface area contributed by atoms with Gasteiger partial charge in [0.2, 0.25) is 0 Å². The molecule has 21 heavy (non-hydrogen) atoms. The van der Waals surface area contributed by atoms with E-state index >= 15 is 0 Å². The standard InChI is InChI=1S/C17H25BrN2O/c1-12(2)20-8-3-6-17(7-9-20)11-15(19)14-5-4-13(18)10-16(14)21-17/h4-5,10,12,15H,3,6-9,11,19H2,1-2H3. The molecule has 0 aliphatic carbocycles. The summed E-state index contributed by atoms with van der Waals surface area (Å²) in [5.74, 6) is 0.973. The Hall–Kier alpha value is -0.580. The maximum Gasteiger partial charge on any atom is 0.126 e. The monoisotopic (exact) mass is 352 g/mol. The Bertz CT molecular complexity index is 520. The molecule has 2 heterocycles. The Labute approximate surface area is 136 Å². The number of rotatable bonds is 1. The predicted octanol–water partition coefficient (Wildman–Crippen LogP) is 3.86. The van der Waals surface area contributed by atoms with Crippen molar-refractivity contribution in [3.63, 3.8) is 0 Å². The minimum Gasteiger partial charge on any atom is -0.487 e. The van der Waals surface area contributed by atoms with Gasteiger partial charge in [0.25, 0.3) is 0 Å². The van der Waals surface area contributed by atoms with E-state index in [-0.39, 0.29) is 11.6 Å². The maximum absolute atomic E-state index is 6.48. The van der Waals surface area contributed by atoms with E-state index in [2.05, 4.69) is 46.8 Å². The van der Waals surface area contributed by atoms with E-state index in [1.54, 1.807) is 0 Å². The summed E-state index contributed by atoms with van der Waals surface area (Å²) < 4.78 is 7.54. The van der Waals surface area contributed by atoms with E-state index < -0.39 is 0 Å². The number of nitrogens with zero attached hydrogens (tertiary/aromatic N) is 1. The molecular formula is C17H25BrN2O. The van der Waals surface area contributed by atoms with Crippen LogP contribution in [0.2, 0.25) is 0 Å². The van der Waals surface area contributed by atoms with Crippen LogP contribution in [0.15, 0.2) is 22.7 Å². The highest BCUT2D eigenvalue weighted by Gasteiger charge is 2.41. The first-order valence-corrected chi connectivity index (χ1v) is 8.76. The highest BCUT2D eigenvalue weighted by Crippen LogP contribution is 2.44. The fourth-order valence-electron chi connectivity index (χ4n) is 3.70. The number of fused-ring (bicyclic) bond motifs is 1. The van der Waals surface area contributed by atoms with Crippen molar-refractivity contribution >= 4 is 15.9 Å². The highest BCUT2D eigenvalue weighted by atomic mass is 79.9. The van der Waals surface area contributed by atoms with E-state index in [1.807, 2.05) is 6.07 Å². The van der Waals surface area contributed by atoms with Gasteiger partial charge in [0.1, 0.15) is 11.4 Å². The normalized spacial score (nSPS) is 30.0. The zero-order valence-corrected chi connectivity index (χ0v) is 14.5. The third kappa shape index (κ3) is 3.13. The van der Waals surface area contributed by atoms with Gasteiger partial charge in [0.05, 0.1) is 0 Å². The molecule has 1 saturated heterocycles. The van der Waals surface area contributed by atoms with E-state index in [4.69, 9.17) is 10.5 Å². The third-order valence-corrected chi connectivity index (χ3v) is 5.45. The van der Waals surface area contributed by atoms with Gasteiger partial charge >= 0.3 is 0 Å². The summed E-state index contributed by atoms with van der Waals surface area (Å²) in [6.07, 6.45) is 4.31. The van der Waals surface area contributed by atoms with Gasteiger partial charge in [-0.1, -0.05) is 22.0 Å². The van der Waals surface area contributed by atoms with Crippen LogP contribution in [-0.4, -0.2) is 29.6 Å². The van der Waals surface area contributed by atoms with Crippen molar-refractivity contribution in [2.24, 2.45) is 5.73 Å². The first-order chi connectivity index (χ1) is 9.99. The molecule has 1 fully saturated rings. The molecule has 2 unspecified atom stereocenters. The van der Waals surface area contributed by atoms with Gasteiger partial charge in [-0.05, 0) is 51.8 Å². The Balaban J connectivity index is 1.83. The minimum absolute atomic E-state index is 0.0726. The number of nitrogens with two attached hydrogens (primary N) is 1. The summed E-state index contributed by atoms with van der Waals surface area (Å²) in [5, 5.41) is 0. The minimum atomic E-state index is -0.0726. The number of ether oxygens (including phenoxy) is 1. The summed E-state index contributed by atoms with van der Waals surface area (Å²) >= 11 is 3.54. The van der Waals surface area contributed by atoms with Gasteiger partial charge in [-0.15, -0.1) is 0 Å². The van der Waals surface area contributed by atoms with Gasteiger partial charge in [0, 0.05) is 35.1 Å². The van der Waals surface area contributed by atoms with Crippen LogP contribution in [0.5, 0.6) is 5.75 Å². The molecule has 2 N–H and O–H groups in total. The molecule has 1 spiro atoms. The van der Waals surface area contributed by atoms with Crippen LogP contribution in [0.25, 0.3) is 0 Å². The number of hydrogen-bond donors (Lipinski definition) is 1. The smallest absolute Gasteiger partial charge is 0.126 e. The molecule has 3 rings (SSSR count). The van der Waals surface area contributed by atoms with Crippen molar-refractivity contribution in [1.82, 2.24) is 4.90 Å². The summed E-state index contributed by atoms with van der Waals surface area (Å²) in [6, 6.07) is 6.91. The van der Waals surface area contributed by atoms with Crippen molar-refractivity contribution in [3.8, 4) is 5.75 Å². The summed E-state index contributed by atoms with van der Waals surface area (Å²) in [4.78, 5) is 2.56. The van der Waals surface area contributed by atoms with Crippen molar-refractivity contribution in [3.05, 3.63) is 28.2 Å². The first-order valence-electron chi connectivity index (χ1n) is 7.97. The number of likely N-dealkylation sites (tertiary alicyclic amines) is 1. The summed E-state index contributed by atoms with van der Waals surface area (Å²) in [5.41, 5.74) is 7.51. The lowest BCUT2D eigenvalue weighted by atomic mass is 9.82. The van der Waals surface area contributed by atoms with E-state index in [9.17, 15) is 0 Å². The highest BCUT2D eigenvalue weighted by molar-refractivity contribution is 9.10. The van der Waals surface area contributed by atoms with Crippen LogP contribution in [0.4, 0.5) is 0 Å². The van der Waals surface area contributed by atoms with Crippen LogP contribution in [0, 0.1) is 0 Å². The van der Waals surface area contributed by atoms with Gasteiger partial charge in [-0.3, -0.25) is 0 Å². The van der Waals surface area contributed by atoms with Crippen molar-refractivity contribution in [1.29, 1.82) is 0 Å². The van der Waals surface area contributed by atoms with Crippen LogP contribution < -0.4 is 10.5 Å². The van der Waals surface area contributed by atoms with Crippen LogP contribution in [-0.2, 0) is 0 Å². The second-order valence-electron chi connectivity index (χ2n) is 6.76. The molecule has 0 amide bonds. The molecule has 2 atom stereocenters. The average molecular weight is 353 g/mol. The van der Waals surface area contributed by atoms with Gasteiger partial charge < -0.3 is 15.4 Å². The van der Waals surface area contributed by atoms with E-state index in [0.717, 1.165) is 41.6 Å². The van der Waals surface area contributed by atoms with Crippen LogP contribution in [0.1, 0.15) is 51.1 Å². The quantitative estimate of drug-likeness (QED) is 0.833. The Kier molecular flexibility index (Phi) is 4.30. The van der Waals surface area contributed by atoms with Crippen LogP contribution >= 0.6 is 15.9 Å². The lowest BCUT2D eigenvalue weighted by molar-refractivity contribution is 0.0210. The zero-order chi connectivity index (χ0) is 15.0. The lowest BCUT2D eigenvalue weighted by Gasteiger charge is -2.41. The van der Waals surface area contributed by atoms with Crippen LogP contribution in [0.3, 0.4) is 0 Å². The second-order valence-corrected chi connectivity index (χ2v) is 7.68. The number of benzene rings is 1. The fraction of sp³-hybridized carbons (Fsp3) is 0.647. The molecule has 0 bridgehead atoms. The molecule has 116 valence electrons. The molecule has 1 aromatic carbocycles. The van der Waals surface area contributed by atoms with Crippen molar-refractivity contribution in [2.45, 2.75) is 57.2 Å². The Morgan fingerprint density at radius 3 is 2.90 bits per heavy atom. The number of halogens is 1. The first kappa shape index (κ1) is 15.3. The predicted molar refractivity (Wildman–Crippen MR) is 89.6 cm³/mol. The third-order valence-electron chi connectivity index (χ3n) is 4.96. The molecule has 4 heteroatoms. The second kappa shape index (κ2) is 5.90. The molecule has 1 aromatic rings. The molecular weight excluding hydrogens is 328 g/mol. The molecule has 2 aliphatic rings. The fourth-order valence-corrected chi connectivity index (χ4v) is 4.04. The zero-order valence-electron chi connectivity index (χ0n) is 12.9. The van der Waals surface area contributed by atoms with Gasteiger partial charge in [0.15, 0.2) is 0 Å². The SMILES string of the molecule is CC(C)N1CCCC2(CC1)CC(N)c1ccc(Br)cc1O2. The molecule has 0 aromatic heterocycles. The maximum atomic E-state index is 6.48. The summed E-state index contributed by atoms with van der Waals surface area (Å²) in [7, 11) is 0. The molecule has 0 saturated carbocycles. The largest absolute Gasteiger partial charge is 0.487 e. The summed E-state index contributed by atoms with van der Waals surface area (Å²) in [6.45, 7) is 6.83. The van der Waals surface area contributed by atoms with Gasteiger partial charge in [-0.25, -0.2) is 0 Å². The average Bonchev–Trinajstić information content (AvgIpc) is 2.61. The topological polar surface area (TPSA) is 38.5 Å². The lowest BCUT2D eigenvalue weighted by Crippen LogP contribution is -2.44. The molecule has 0 radical (unpaired) electrons. The van der Waals surface area contributed by atoms with Crippen molar-refractivity contribution < 1.29 is 4.74 Å². The molecule has 2 aliphatic heterocycles. The Morgan fingerprint density at radius 1 is 1.33 bits per heavy atom. The van der Waals surface area contributed by atoms with E-state index in [0.29, 0.717) is 6.04 Å². The molecule has 3 nitrogen and oxygen atoms in total. The van der Waals surface area contributed by atoms with Gasteiger partial charge in [-0.2, -0.15) is 0 Å². The van der Waals surface area contributed by atoms with Crippen molar-refractivity contribution in [2.75, 3.05) is 13.1 Å². The Morgan fingerprint density at radius 2 is 2.14 bits per heavy atom. The van der Waals surface area contributed by atoms with E-state index in [1.165, 1.54) is 13.0 Å².